The number of aromatic nitrogens is 2. The van der Waals surface area contributed by atoms with Crippen LogP contribution in [0.1, 0.15) is 17.1 Å². The smallest absolute Gasteiger partial charge is 0.106 e. The first-order valence-corrected chi connectivity index (χ1v) is 6.31. The first-order chi connectivity index (χ1) is 8.49. The van der Waals surface area contributed by atoms with Gasteiger partial charge >= 0.3 is 0 Å². The van der Waals surface area contributed by atoms with E-state index in [9.17, 15) is 0 Å². The summed E-state index contributed by atoms with van der Waals surface area (Å²) in [5.41, 5.74) is 3.38. The van der Waals surface area contributed by atoms with Gasteiger partial charge in [-0.05, 0) is 31.5 Å². The Bertz CT molecular complexity index is 539. The van der Waals surface area contributed by atoms with Crippen molar-refractivity contribution in [3.05, 3.63) is 46.5 Å². The molecule has 3 nitrogen and oxygen atoms in total. The van der Waals surface area contributed by atoms with Crippen LogP contribution in [-0.4, -0.2) is 23.6 Å². The molecule has 0 aliphatic carbocycles. The summed E-state index contributed by atoms with van der Waals surface area (Å²) in [6, 6.07) is 6.16. The minimum absolute atomic E-state index is 0.768. The second-order valence-corrected chi connectivity index (χ2v) is 5.11. The molecule has 1 aromatic carbocycles. The third-order valence-electron chi connectivity index (χ3n) is 3.14. The zero-order chi connectivity index (χ0) is 13.3. The van der Waals surface area contributed by atoms with E-state index in [-0.39, 0.29) is 0 Å². The van der Waals surface area contributed by atoms with Crippen molar-refractivity contribution >= 4 is 17.3 Å². The number of hydrogen-bond acceptors (Lipinski definition) is 2. The van der Waals surface area contributed by atoms with Crippen molar-refractivity contribution in [3.8, 4) is 0 Å². The van der Waals surface area contributed by atoms with Gasteiger partial charge in [-0.25, -0.2) is 4.98 Å². The number of hydrogen-bond donors (Lipinski definition) is 0. The summed E-state index contributed by atoms with van der Waals surface area (Å²) in [6.07, 6.45) is 1.89. The van der Waals surface area contributed by atoms with Gasteiger partial charge in [-0.3, -0.25) is 0 Å². The van der Waals surface area contributed by atoms with E-state index < -0.39 is 0 Å². The number of anilines is 1. The molecule has 0 aliphatic heterocycles. The van der Waals surface area contributed by atoms with Gasteiger partial charge in [-0.1, -0.05) is 17.7 Å². The molecule has 1 aromatic heterocycles. The Morgan fingerprint density at radius 1 is 1.28 bits per heavy atom. The van der Waals surface area contributed by atoms with Crippen molar-refractivity contribution in [3.63, 3.8) is 0 Å². The molecular formula is C14H18ClN3. The first-order valence-electron chi connectivity index (χ1n) is 5.93. The van der Waals surface area contributed by atoms with Crippen LogP contribution in [0.15, 0.2) is 24.4 Å². The molecule has 1 heterocycles. The second-order valence-electron chi connectivity index (χ2n) is 4.70. The molecule has 0 aliphatic rings. The fraction of sp³-hybridized carbons (Fsp3) is 0.357. The van der Waals surface area contributed by atoms with Gasteiger partial charge < -0.3 is 9.47 Å². The van der Waals surface area contributed by atoms with Crippen LogP contribution >= 0.6 is 11.6 Å². The van der Waals surface area contributed by atoms with E-state index in [4.69, 9.17) is 11.6 Å². The van der Waals surface area contributed by atoms with Crippen LogP contribution in [0, 0.1) is 13.8 Å². The molecule has 0 fully saturated rings. The third kappa shape index (κ3) is 2.51. The SMILES string of the molecule is Cc1cnc(C)n1Cc1ccc(N(C)C)cc1Cl. The van der Waals surface area contributed by atoms with Crippen LogP contribution in [0.3, 0.4) is 0 Å². The normalized spacial score (nSPS) is 10.7. The van der Waals surface area contributed by atoms with E-state index in [1.807, 2.05) is 38.2 Å². The molecule has 96 valence electrons. The Hall–Kier alpha value is -1.48. The molecule has 0 N–H and O–H groups in total. The van der Waals surface area contributed by atoms with Crippen LogP contribution in [0.5, 0.6) is 0 Å². The zero-order valence-corrected chi connectivity index (χ0v) is 12.0. The van der Waals surface area contributed by atoms with Crippen molar-refractivity contribution in [2.24, 2.45) is 0 Å². The highest BCUT2D eigenvalue weighted by Gasteiger charge is 2.07. The van der Waals surface area contributed by atoms with Gasteiger partial charge in [-0.2, -0.15) is 0 Å². The van der Waals surface area contributed by atoms with Gasteiger partial charge in [0.25, 0.3) is 0 Å². The van der Waals surface area contributed by atoms with Gasteiger partial charge in [0.1, 0.15) is 5.82 Å². The molecule has 2 aromatic rings. The predicted molar refractivity (Wildman–Crippen MR) is 76.6 cm³/mol. The summed E-state index contributed by atoms with van der Waals surface area (Å²) in [5, 5.41) is 0.800. The number of aryl methyl sites for hydroxylation is 2. The molecular weight excluding hydrogens is 246 g/mol. The van der Waals surface area contributed by atoms with Crippen molar-refractivity contribution in [1.29, 1.82) is 0 Å². The maximum absolute atomic E-state index is 6.33. The van der Waals surface area contributed by atoms with Gasteiger partial charge in [0.2, 0.25) is 0 Å². The van der Waals surface area contributed by atoms with E-state index in [1.54, 1.807) is 0 Å². The quantitative estimate of drug-likeness (QED) is 0.848. The monoisotopic (exact) mass is 263 g/mol. The third-order valence-corrected chi connectivity index (χ3v) is 3.49. The first kappa shape index (κ1) is 13.0. The number of nitrogens with zero attached hydrogens (tertiary/aromatic N) is 3. The molecule has 0 atom stereocenters. The average molecular weight is 264 g/mol. The molecule has 0 spiro atoms. The fourth-order valence-electron chi connectivity index (χ4n) is 1.93. The zero-order valence-electron chi connectivity index (χ0n) is 11.2. The Morgan fingerprint density at radius 2 is 2.00 bits per heavy atom. The Kier molecular flexibility index (Phi) is 3.62. The fourth-order valence-corrected chi connectivity index (χ4v) is 2.17. The van der Waals surface area contributed by atoms with E-state index in [0.717, 1.165) is 34.3 Å². The lowest BCUT2D eigenvalue weighted by Crippen LogP contribution is -2.09. The Morgan fingerprint density at radius 3 is 2.50 bits per heavy atom. The lowest BCUT2D eigenvalue weighted by molar-refractivity contribution is 0.738. The summed E-state index contributed by atoms with van der Waals surface area (Å²) < 4.78 is 2.16. The summed E-state index contributed by atoms with van der Waals surface area (Å²) in [6.45, 7) is 4.83. The minimum Gasteiger partial charge on any atom is -0.378 e. The molecule has 0 saturated heterocycles. The minimum atomic E-state index is 0.768. The number of halogens is 1. The number of rotatable bonds is 3. The van der Waals surface area contributed by atoms with E-state index in [0.29, 0.717) is 0 Å². The van der Waals surface area contributed by atoms with Gasteiger partial charge in [0.05, 0.1) is 6.54 Å². The molecule has 0 bridgehead atoms. The maximum Gasteiger partial charge on any atom is 0.106 e. The van der Waals surface area contributed by atoms with Crippen LogP contribution in [-0.2, 0) is 6.54 Å². The molecule has 4 heteroatoms. The van der Waals surface area contributed by atoms with Crippen molar-refractivity contribution < 1.29 is 0 Å². The topological polar surface area (TPSA) is 21.1 Å². The molecule has 0 radical (unpaired) electrons. The number of imidazole rings is 1. The molecule has 18 heavy (non-hydrogen) atoms. The van der Waals surface area contributed by atoms with E-state index >= 15 is 0 Å². The van der Waals surface area contributed by atoms with Crippen LogP contribution in [0.4, 0.5) is 5.69 Å². The highest BCUT2D eigenvalue weighted by atomic mass is 35.5. The summed E-state index contributed by atoms with van der Waals surface area (Å²) in [4.78, 5) is 6.34. The average Bonchev–Trinajstić information content (AvgIpc) is 2.63. The van der Waals surface area contributed by atoms with Crippen LogP contribution in [0.25, 0.3) is 0 Å². The largest absolute Gasteiger partial charge is 0.378 e. The van der Waals surface area contributed by atoms with Crippen molar-refractivity contribution in [2.75, 3.05) is 19.0 Å². The van der Waals surface area contributed by atoms with Crippen molar-refractivity contribution in [1.82, 2.24) is 9.55 Å². The molecule has 0 amide bonds. The molecule has 2 rings (SSSR count). The molecule has 0 saturated carbocycles. The highest BCUT2D eigenvalue weighted by molar-refractivity contribution is 6.31. The highest BCUT2D eigenvalue weighted by Crippen LogP contribution is 2.24. The van der Waals surface area contributed by atoms with Crippen LogP contribution < -0.4 is 4.90 Å². The lowest BCUT2D eigenvalue weighted by atomic mass is 10.2. The Balaban J connectivity index is 2.30. The second kappa shape index (κ2) is 5.02. The standard InChI is InChI=1S/C14H18ClN3/c1-10-8-16-11(2)18(10)9-12-5-6-13(17(3)4)7-14(12)15/h5-8H,9H2,1-4H3. The van der Waals surface area contributed by atoms with Crippen LogP contribution in [0.2, 0.25) is 5.02 Å². The number of benzene rings is 1. The summed E-state index contributed by atoms with van der Waals surface area (Å²) in [5.74, 6) is 1.01. The Labute approximate surface area is 113 Å². The lowest BCUT2D eigenvalue weighted by Gasteiger charge is -2.15. The van der Waals surface area contributed by atoms with E-state index in [1.165, 1.54) is 0 Å². The maximum atomic E-state index is 6.33. The van der Waals surface area contributed by atoms with E-state index in [2.05, 4.69) is 28.6 Å². The summed E-state index contributed by atoms with van der Waals surface area (Å²) >= 11 is 6.33. The summed E-state index contributed by atoms with van der Waals surface area (Å²) in [7, 11) is 4.02. The van der Waals surface area contributed by atoms with Gasteiger partial charge in [0, 0.05) is 36.7 Å². The van der Waals surface area contributed by atoms with Crippen molar-refractivity contribution in [2.45, 2.75) is 20.4 Å². The molecule has 0 unspecified atom stereocenters. The van der Waals surface area contributed by atoms with Gasteiger partial charge in [0.15, 0.2) is 0 Å². The van der Waals surface area contributed by atoms with Gasteiger partial charge in [-0.15, -0.1) is 0 Å². The predicted octanol–water partition coefficient (Wildman–Crippen LogP) is 3.27.